The molecule has 1 aromatic rings. The van der Waals surface area contributed by atoms with Crippen molar-refractivity contribution in [1.29, 1.82) is 0 Å². The van der Waals surface area contributed by atoms with Crippen LogP contribution < -0.4 is 0 Å². The first-order valence-corrected chi connectivity index (χ1v) is 15.4. The van der Waals surface area contributed by atoms with Crippen molar-refractivity contribution in [1.82, 2.24) is 4.90 Å². The zero-order chi connectivity index (χ0) is 24.4. The molecule has 0 bridgehead atoms. The van der Waals surface area contributed by atoms with Gasteiger partial charge in [0.2, 0.25) is 0 Å². The molecule has 2 saturated heterocycles. The van der Waals surface area contributed by atoms with Gasteiger partial charge in [-0.25, -0.2) is 4.79 Å². The van der Waals surface area contributed by atoms with Gasteiger partial charge in [0.05, 0.1) is 30.5 Å². The minimum atomic E-state index is -2.07. The minimum Gasteiger partial charge on any atom is -0.466 e. The fraction of sp³-hybridized carbons (Fsp3) is 0.667. The summed E-state index contributed by atoms with van der Waals surface area (Å²) >= 11 is 3.74. The molecule has 184 valence electrons. The summed E-state index contributed by atoms with van der Waals surface area (Å²) in [7, 11) is -2.07. The van der Waals surface area contributed by atoms with E-state index in [9.17, 15) is 9.59 Å². The molecule has 1 aromatic carbocycles. The molecule has 2 aliphatic rings. The van der Waals surface area contributed by atoms with Crippen LogP contribution >= 0.6 is 15.9 Å². The minimum absolute atomic E-state index is 0.0206. The van der Waals surface area contributed by atoms with Crippen LogP contribution in [0, 0.1) is 5.92 Å². The third kappa shape index (κ3) is 5.81. The molecule has 2 aliphatic heterocycles. The molecule has 0 aliphatic carbocycles. The van der Waals surface area contributed by atoms with Gasteiger partial charge in [-0.15, -0.1) is 0 Å². The second kappa shape index (κ2) is 10.5. The maximum absolute atomic E-state index is 13.1. The van der Waals surface area contributed by atoms with Crippen LogP contribution in [0.2, 0.25) is 18.1 Å². The van der Waals surface area contributed by atoms with Gasteiger partial charge in [-0.3, -0.25) is 9.69 Å². The molecule has 7 nitrogen and oxygen atoms in total. The largest absolute Gasteiger partial charge is 0.466 e. The van der Waals surface area contributed by atoms with Crippen molar-refractivity contribution in [3.8, 4) is 0 Å². The van der Waals surface area contributed by atoms with Crippen LogP contribution in [0.1, 0.15) is 45.7 Å². The Morgan fingerprint density at radius 2 is 1.94 bits per heavy atom. The zero-order valence-electron chi connectivity index (χ0n) is 20.4. The average molecular weight is 543 g/mol. The van der Waals surface area contributed by atoms with Crippen LogP contribution in [0.4, 0.5) is 4.79 Å². The fourth-order valence-corrected chi connectivity index (χ4v) is 5.94. The molecule has 2 fully saturated rings. The summed E-state index contributed by atoms with van der Waals surface area (Å²) in [6.07, 6.45) is -1.40. The lowest BCUT2D eigenvalue weighted by atomic mass is 9.94. The van der Waals surface area contributed by atoms with Gasteiger partial charge in [-0.05, 0) is 30.6 Å². The Balaban J connectivity index is 1.80. The molecule has 0 aromatic heterocycles. The van der Waals surface area contributed by atoms with E-state index in [1.54, 1.807) is 11.8 Å². The first kappa shape index (κ1) is 26.2. The number of hydrogen-bond acceptors (Lipinski definition) is 6. The number of carbonyl (C=O) groups excluding carboxylic acids is 2. The van der Waals surface area contributed by atoms with E-state index in [0.29, 0.717) is 19.8 Å². The molecule has 9 heteroatoms. The first-order valence-electron chi connectivity index (χ1n) is 11.6. The van der Waals surface area contributed by atoms with E-state index < -0.39 is 26.7 Å². The second-order valence-corrected chi connectivity index (χ2v) is 16.1. The molecular formula is C24H36BrNO6Si. The van der Waals surface area contributed by atoms with E-state index in [1.165, 1.54) is 0 Å². The molecular weight excluding hydrogens is 506 g/mol. The molecule has 1 amide bonds. The summed E-state index contributed by atoms with van der Waals surface area (Å²) in [4.78, 5) is 26.9. The van der Waals surface area contributed by atoms with Crippen molar-refractivity contribution in [2.75, 3.05) is 19.8 Å². The van der Waals surface area contributed by atoms with Crippen LogP contribution in [0.5, 0.6) is 0 Å². The third-order valence-electron chi connectivity index (χ3n) is 6.92. The maximum Gasteiger partial charge on any atom is 0.412 e. The van der Waals surface area contributed by atoms with Gasteiger partial charge in [-0.2, -0.15) is 0 Å². The lowest BCUT2D eigenvalue weighted by Gasteiger charge is -2.43. The van der Waals surface area contributed by atoms with E-state index in [-0.39, 0.29) is 34.2 Å². The van der Waals surface area contributed by atoms with Crippen molar-refractivity contribution in [3.63, 3.8) is 0 Å². The first-order chi connectivity index (χ1) is 15.5. The number of benzene rings is 1. The van der Waals surface area contributed by atoms with Crippen molar-refractivity contribution in [3.05, 3.63) is 35.9 Å². The Morgan fingerprint density at radius 3 is 2.55 bits per heavy atom. The van der Waals surface area contributed by atoms with E-state index in [2.05, 4.69) is 49.8 Å². The summed E-state index contributed by atoms with van der Waals surface area (Å²) in [6, 6.07) is 9.58. The standard InChI is InChI=1S/C24H36BrNO6Si/c1-7-29-19(27)13-17(14-31-33(5,6)24(2,3)4)21-20(25)22-26(23(28)32-21)18(15-30-22)16-11-9-8-10-12-16/h8-12,17-18,20-22H,7,13-15H2,1-6H3/t17-,18-,20-,21-,22+/m0/s1. The number of amides is 1. The highest BCUT2D eigenvalue weighted by Crippen LogP contribution is 2.42. The van der Waals surface area contributed by atoms with E-state index in [0.717, 1.165) is 5.56 Å². The van der Waals surface area contributed by atoms with Crippen molar-refractivity contribution >= 4 is 36.3 Å². The molecule has 0 radical (unpaired) electrons. The summed E-state index contributed by atoms with van der Waals surface area (Å²) < 4.78 is 23.7. The maximum atomic E-state index is 13.1. The number of rotatable bonds is 8. The topological polar surface area (TPSA) is 74.3 Å². The predicted octanol–water partition coefficient (Wildman–Crippen LogP) is 5.26. The Hall–Kier alpha value is -1.42. The van der Waals surface area contributed by atoms with Crippen LogP contribution in [0.3, 0.4) is 0 Å². The SMILES string of the molecule is CCOC(=O)C[C@@H](CO[Si](C)(C)C(C)(C)C)[C@@H]1OC(=O)N2[C@H](OC[C@H]2c2ccccc2)[C@H]1Br. The average Bonchev–Trinajstić information content (AvgIpc) is 3.20. The van der Waals surface area contributed by atoms with Gasteiger partial charge >= 0.3 is 12.1 Å². The van der Waals surface area contributed by atoms with Crippen molar-refractivity contribution in [2.45, 2.75) is 75.4 Å². The number of fused-ring (bicyclic) bond motifs is 1. The summed E-state index contributed by atoms with van der Waals surface area (Å²) in [6.45, 7) is 13.6. The highest BCUT2D eigenvalue weighted by Gasteiger charge is 2.53. The molecule has 0 N–H and O–H groups in total. The number of halogens is 1. The predicted molar refractivity (Wildman–Crippen MR) is 132 cm³/mol. The summed E-state index contributed by atoms with van der Waals surface area (Å²) in [5, 5.41) is 0.0206. The van der Waals surface area contributed by atoms with Crippen LogP contribution in [-0.4, -0.2) is 62.3 Å². The number of cyclic esters (lactones) is 1. The van der Waals surface area contributed by atoms with E-state index in [1.807, 2.05) is 30.3 Å². The number of carbonyl (C=O) groups is 2. The highest BCUT2D eigenvalue weighted by molar-refractivity contribution is 9.09. The quantitative estimate of drug-likeness (QED) is 0.254. The Bertz CT molecular complexity index is 830. The Kier molecular flexibility index (Phi) is 8.30. The van der Waals surface area contributed by atoms with Crippen molar-refractivity contribution in [2.24, 2.45) is 5.92 Å². The van der Waals surface area contributed by atoms with Crippen molar-refractivity contribution < 1.29 is 28.2 Å². The molecule has 5 atom stereocenters. The number of nitrogens with zero attached hydrogens (tertiary/aromatic N) is 1. The smallest absolute Gasteiger partial charge is 0.412 e. The molecule has 3 rings (SSSR count). The number of ether oxygens (including phenoxy) is 3. The number of hydrogen-bond donors (Lipinski definition) is 0. The highest BCUT2D eigenvalue weighted by atomic mass is 79.9. The fourth-order valence-electron chi connectivity index (χ4n) is 3.93. The van der Waals surface area contributed by atoms with Gasteiger partial charge in [0.1, 0.15) is 6.10 Å². The lowest BCUT2D eigenvalue weighted by molar-refractivity contribution is -0.147. The normalized spacial score (nSPS) is 26.5. The molecule has 0 unspecified atom stereocenters. The van der Waals surface area contributed by atoms with E-state index >= 15 is 0 Å². The zero-order valence-corrected chi connectivity index (χ0v) is 23.0. The second-order valence-electron chi connectivity index (χ2n) is 10.2. The summed E-state index contributed by atoms with van der Waals surface area (Å²) in [5.74, 6) is -0.679. The van der Waals surface area contributed by atoms with Crippen LogP contribution in [0.25, 0.3) is 0 Å². The van der Waals surface area contributed by atoms with Crippen LogP contribution in [-0.2, 0) is 23.4 Å². The Labute approximate surface area is 206 Å². The van der Waals surface area contributed by atoms with Gasteiger partial charge in [0.15, 0.2) is 14.5 Å². The van der Waals surface area contributed by atoms with Gasteiger partial charge in [-0.1, -0.05) is 67.0 Å². The van der Waals surface area contributed by atoms with Crippen LogP contribution in [0.15, 0.2) is 30.3 Å². The lowest BCUT2D eigenvalue weighted by Crippen LogP contribution is -2.57. The van der Waals surface area contributed by atoms with Gasteiger partial charge < -0.3 is 18.6 Å². The third-order valence-corrected chi connectivity index (χ3v) is 12.4. The molecule has 2 heterocycles. The number of alkyl halides is 1. The number of esters is 1. The molecule has 0 spiro atoms. The van der Waals surface area contributed by atoms with E-state index in [4.69, 9.17) is 18.6 Å². The Morgan fingerprint density at radius 1 is 1.27 bits per heavy atom. The van der Waals surface area contributed by atoms with Gasteiger partial charge in [0, 0.05) is 12.5 Å². The monoisotopic (exact) mass is 541 g/mol. The molecule has 0 saturated carbocycles. The van der Waals surface area contributed by atoms with Gasteiger partial charge in [0.25, 0.3) is 0 Å². The molecule has 33 heavy (non-hydrogen) atoms. The summed E-state index contributed by atoms with van der Waals surface area (Å²) in [5.41, 5.74) is 0.999.